The number of nitriles is 1. The van der Waals surface area contributed by atoms with E-state index in [1.807, 2.05) is 12.1 Å². The Morgan fingerprint density at radius 1 is 0.968 bits per heavy atom. The van der Waals surface area contributed by atoms with Crippen LogP contribution in [0, 0.1) is 11.3 Å². The lowest BCUT2D eigenvalue weighted by molar-refractivity contribution is -0.117. The van der Waals surface area contributed by atoms with Crippen LogP contribution in [0.5, 0.6) is 17.2 Å². The van der Waals surface area contributed by atoms with Gasteiger partial charge in [-0.25, -0.2) is 0 Å². The van der Waals surface area contributed by atoms with Crippen molar-refractivity contribution in [1.29, 1.82) is 5.26 Å². The normalized spacial score (nSPS) is 14.5. The molecule has 0 saturated carbocycles. The molecule has 0 bridgehead atoms. The minimum absolute atomic E-state index is 0.113. The molecule has 1 saturated heterocycles. The summed E-state index contributed by atoms with van der Waals surface area (Å²) in [7, 11) is 4.83. The van der Waals surface area contributed by atoms with Crippen LogP contribution in [0.15, 0.2) is 36.4 Å². The summed E-state index contributed by atoms with van der Waals surface area (Å²) in [6.45, 7) is 4.25. The van der Waals surface area contributed by atoms with E-state index >= 15 is 0 Å². The third kappa shape index (κ3) is 5.45. The molecule has 0 spiro atoms. The summed E-state index contributed by atoms with van der Waals surface area (Å²) in [5.41, 5.74) is 2.04. The van der Waals surface area contributed by atoms with Crippen molar-refractivity contribution < 1.29 is 19.0 Å². The Bertz CT molecular complexity index is 949. The van der Waals surface area contributed by atoms with E-state index in [1.165, 1.54) is 0 Å². The zero-order valence-electron chi connectivity index (χ0n) is 18.2. The van der Waals surface area contributed by atoms with E-state index in [1.54, 1.807) is 45.6 Å². The predicted molar refractivity (Wildman–Crippen MR) is 118 cm³/mol. The van der Waals surface area contributed by atoms with Gasteiger partial charge in [-0.15, -0.1) is 0 Å². The average Bonchev–Trinajstić information content (AvgIpc) is 2.80. The molecule has 1 amide bonds. The lowest BCUT2D eigenvalue weighted by Gasteiger charge is -2.34. The van der Waals surface area contributed by atoms with Gasteiger partial charge < -0.3 is 19.5 Å². The van der Waals surface area contributed by atoms with Crippen LogP contribution in [0.2, 0.25) is 0 Å². The number of rotatable bonds is 8. The number of hydrogen-bond acceptors (Lipinski definition) is 7. The number of carbonyl (C=O) groups is 1. The van der Waals surface area contributed by atoms with Crippen molar-refractivity contribution in [2.45, 2.75) is 6.54 Å². The highest BCUT2D eigenvalue weighted by atomic mass is 16.5. The van der Waals surface area contributed by atoms with Crippen LogP contribution < -0.4 is 19.5 Å². The van der Waals surface area contributed by atoms with E-state index in [0.29, 0.717) is 35.0 Å². The fourth-order valence-corrected chi connectivity index (χ4v) is 3.72. The van der Waals surface area contributed by atoms with E-state index in [9.17, 15) is 4.79 Å². The summed E-state index contributed by atoms with van der Waals surface area (Å²) >= 11 is 0. The first kappa shape index (κ1) is 22.4. The summed E-state index contributed by atoms with van der Waals surface area (Å²) in [5, 5.41) is 12.0. The maximum Gasteiger partial charge on any atom is 0.238 e. The summed E-state index contributed by atoms with van der Waals surface area (Å²) < 4.78 is 16.4. The average molecular weight is 425 g/mol. The highest BCUT2D eigenvalue weighted by Gasteiger charge is 2.22. The lowest BCUT2D eigenvalue weighted by atomic mass is 10.1. The van der Waals surface area contributed by atoms with Gasteiger partial charge in [0.05, 0.1) is 39.1 Å². The number of nitrogens with one attached hydrogen (secondary N) is 1. The number of para-hydroxylation sites is 1. The monoisotopic (exact) mass is 424 g/mol. The molecule has 1 fully saturated rings. The fourth-order valence-electron chi connectivity index (χ4n) is 3.72. The highest BCUT2D eigenvalue weighted by molar-refractivity contribution is 5.93. The Morgan fingerprint density at radius 3 is 2.29 bits per heavy atom. The zero-order valence-corrected chi connectivity index (χ0v) is 18.2. The van der Waals surface area contributed by atoms with Crippen LogP contribution in [0.3, 0.4) is 0 Å². The maximum atomic E-state index is 12.4. The van der Waals surface area contributed by atoms with Crippen molar-refractivity contribution in [3.63, 3.8) is 0 Å². The van der Waals surface area contributed by atoms with Crippen molar-refractivity contribution in [2.75, 3.05) is 59.4 Å². The molecule has 1 N–H and O–H groups in total. The van der Waals surface area contributed by atoms with Crippen LogP contribution in [0.25, 0.3) is 0 Å². The minimum atomic E-state index is -0.113. The van der Waals surface area contributed by atoms with Gasteiger partial charge in [-0.3, -0.25) is 14.6 Å². The number of ether oxygens (including phenoxy) is 3. The molecule has 0 aromatic heterocycles. The molecule has 31 heavy (non-hydrogen) atoms. The zero-order chi connectivity index (χ0) is 22.2. The van der Waals surface area contributed by atoms with Gasteiger partial charge in [0.1, 0.15) is 6.07 Å². The first-order valence-corrected chi connectivity index (χ1v) is 10.1. The van der Waals surface area contributed by atoms with E-state index in [2.05, 4.69) is 21.2 Å². The lowest BCUT2D eigenvalue weighted by Crippen LogP contribution is -2.48. The van der Waals surface area contributed by atoms with E-state index < -0.39 is 0 Å². The van der Waals surface area contributed by atoms with Crippen LogP contribution in [0.4, 0.5) is 5.69 Å². The van der Waals surface area contributed by atoms with Crippen LogP contribution in [0.1, 0.15) is 11.1 Å². The Labute approximate surface area is 182 Å². The third-order valence-electron chi connectivity index (χ3n) is 5.33. The van der Waals surface area contributed by atoms with E-state index in [0.717, 1.165) is 38.3 Å². The van der Waals surface area contributed by atoms with Crippen molar-refractivity contribution in [2.24, 2.45) is 0 Å². The molecule has 1 aliphatic rings. The SMILES string of the molecule is COc1ccc(CN2CCN(CC(=O)Nc3ccccc3C#N)CC2)c(OC)c1OC. The van der Waals surface area contributed by atoms with Crippen molar-refractivity contribution in [1.82, 2.24) is 9.80 Å². The second-order valence-electron chi connectivity index (χ2n) is 7.25. The van der Waals surface area contributed by atoms with Gasteiger partial charge in [-0.05, 0) is 18.2 Å². The molecule has 8 heteroatoms. The second kappa shape index (κ2) is 10.7. The summed E-state index contributed by atoms with van der Waals surface area (Å²) in [6, 6.07) is 13.0. The van der Waals surface area contributed by atoms with Gasteiger partial charge in [0.15, 0.2) is 11.5 Å². The second-order valence-corrected chi connectivity index (χ2v) is 7.25. The van der Waals surface area contributed by atoms with E-state index in [4.69, 9.17) is 19.5 Å². The number of benzene rings is 2. The third-order valence-corrected chi connectivity index (χ3v) is 5.33. The molecule has 1 aliphatic heterocycles. The maximum absolute atomic E-state index is 12.4. The molecule has 0 radical (unpaired) electrons. The minimum Gasteiger partial charge on any atom is -0.493 e. The Hall–Kier alpha value is -3.28. The molecule has 8 nitrogen and oxygen atoms in total. The number of anilines is 1. The molecular formula is C23H28N4O4. The number of piperazine rings is 1. The topological polar surface area (TPSA) is 87.1 Å². The van der Waals surface area contributed by atoms with Gasteiger partial charge in [0.2, 0.25) is 11.7 Å². The Morgan fingerprint density at radius 2 is 1.65 bits per heavy atom. The van der Waals surface area contributed by atoms with Crippen LogP contribution >= 0.6 is 0 Å². The van der Waals surface area contributed by atoms with Gasteiger partial charge in [-0.1, -0.05) is 18.2 Å². The largest absolute Gasteiger partial charge is 0.493 e. The standard InChI is InChI=1S/C23H28N4O4/c1-29-20-9-8-18(22(30-2)23(20)31-3)15-26-10-12-27(13-11-26)16-21(28)25-19-7-5-4-6-17(19)14-24/h4-9H,10-13,15-16H2,1-3H3,(H,25,28). The number of carbonyl (C=O) groups excluding carboxylic acids is 1. The van der Waals surface area contributed by atoms with E-state index in [-0.39, 0.29) is 5.91 Å². The van der Waals surface area contributed by atoms with Crippen molar-refractivity contribution in [3.05, 3.63) is 47.5 Å². The summed E-state index contributed by atoms with van der Waals surface area (Å²) in [4.78, 5) is 16.9. The number of nitrogens with zero attached hydrogens (tertiary/aromatic N) is 3. The molecule has 0 atom stereocenters. The molecule has 0 aliphatic carbocycles. The number of hydrogen-bond donors (Lipinski definition) is 1. The van der Waals surface area contributed by atoms with Gasteiger partial charge in [0, 0.05) is 38.3 Å². The molecule has 3 rings (SSSR count). The van der Waals surface area contributed by atoms with Gasteiger partial charge >= 0.3 is 0 Å². The Kier molecular flexibility index (Phi) is 7.70. The van der Waals surface area contributed by atoms with Crippen molar-refractivity contribution >= 4 is 11.6 Å². The smallest absolute Gasteiger partial charge is 0.238 e. The Balaban J connectivity index is 1.54. The predicted octanol–water partition coefficient (Wildman–Crippen LogP) is 2.34. The highest BCUT2D eigenvalue weighted by Crippen LogP contribution is 2.40. The van der Waals surface area contributed by atoms with Gasteiger partial charge in [0.25, 0.3) is 0 Å². The first-order valence-electron chi connectivity index (χ1n) is 10.1. The molecule has 0 unspecified atom stereocenters. The molecule has 1 heterocycles. The first-order chi connectivity index (χ1) is 15.1. The molecule has 2 aromatic rings. The molecular weight excluding hydrogens is 396 g/mol. The summed E-state index contributed by atoms with van der Waals surface area (Å²) in [5.74, 6) is 1.80. The van der Waals surface area contributed by atoms with Crippen molar-refractivity contribution in [3.8, 4) is 23.3 Å². The van der Waals surface area contributed by atoms with Crippen LogP contribution in [-0.4, -0.2) is 69.8 Å². The number of amides is 1. The molecule has 164 valence electrons. The summed E-state index contributed by atoms with van der Waals surface area (Å²) in [6.07, 6.45) is 0. The van der Waals surface area contributed by atoms with Gasteiger partial charge in [-0.2, -0.15) is 5.26 Å². The fraction of sp³-hybridized carbons (Fsp3) is 0.391. The quantitative estimate of drug-likeness (QED) is 0.696. The van der Waals surface area contributed by atoms with Crippen LogP contribution in [-0.2, 0) is 11.3 Å². The number of methoxy groups -OCH3 is 3. The molecule has 2 aromatic carbocycles.